The van der Waals surface area contributed by atoms with Crippen LogP contribution in [0.3, 0.4) is 0 Å². The van der Waals surface area contributed by atoms with Crippen molar-refractivity contribution >= 4 is 11.4 Å². The van der Waals surface area contributed by atoms with E-state index in [1.807, 2.05) is 0 Å². The van der Waals surface area contributed by atoms with Crippen LogP contribution in [0.4, 0.5) is 0 Å². The average molecular weight is 228 g/mol. The van der Waals surface area contributed by atoms with Crippen molar-refractivity contribution in [2.45, 2.75) is 6.04 Å². The summed E-state index contributed by atoms with van der Waals surface area (Å²) in [6, 6.07) is -0.972. The summed E-state index contributed by atoms with van der Waals surface area (Å²) in [5.74, 6) is 0. The molecule has 7 nitrogen and oxygen atoms in total. The Morgan fingerprint density at radius 3 is 2.07 bits per heavy atom. The quantitative estimate of drug-likeness (QED) is 0.343. The molecule has 14 heavy (non-hydrogen) atoms. The van der Waals surface area contributed by atoms with Crippen LogP contribution in [0, 0.1) is 5.41 Å². The lowest BCUT2D eigenvalue weighted by molar-refractivity contribution is -0.0227. The SMILES string of the molecule is NC(COS(=O)[O-])C(CO)(CO)CO. The molecule has 0 fully saturated rings. The molecule has 0 heterocycles. The zero-order chi connectivity index (χ0) is 11.2. The lowest BCUT2D eigenvalue weighted by atomic mass is 9.83. The van der Waals surface area contributed by atoms with Crippen LogP contribution in [-0.4, -0.2) is 56.6 Å². The first-order valence-corrected chi connectivity index (χ1v) is 4.83. The maximum absolute atomic E-state index is 10.0. The molecule has 0 aliphatic rings. The van der Waals surface area contributed by atoms with Crippen molar-refractivity contribution < 1.29 is 28.3 Å². The van der Waals surface area contributed by atoms with Gasteiger partial charge in [0.25, 0.3) is 0 Å². The van der Waals surface area contributed by atoms with Crippen molar-refractivity contribution in [3.05, 3.63) is 0 Å². The molecule has 0 aromatic heterocycles. The normalized spacial score (nSPS) is 16.6. The zero-order valence-electron chi connectivity index (χ0n) is 7.46. The monoisotopic (exact) mass is 228 g/mol. The van der Waals surface area contributed by atoms with Crippen LogP contribution in [0.15, 0.2) is 0 Å². The summed E-state index contributed by atoms with van der Waals surface area (Å²) in [5, 5.41) is 26.7. The Labute approximate surface area is 84.0 Å². The fourth-order valence-electron chi connectivity index (χ4n) is 0.807. The second kappa shape index (κ2) is 6.40. The standard InChI is InChI=1S/C6H15NO6S/c7-5(1-13-14(11)12)6(2-8,3-9)4-10/h5,8-10H,1-4,7H2,(H,11,12)/p-1. The lowest BCUT2D eigenvalue weighted by Crippen LogP contribution is -2.52. The van der Waals surface area contributed by atoms with Crippen LogP contribution in [0.2, 0.25) is 0 Å². The third-order valence-electron chi connectivity index (χ3n) is 2.08. The van der Waals surface area contributed by atoms with Crippen LogP contribution >= 0.6 is 0 Å². The first-order valence-electron chi connectivity index (χ1n) is 3.83. The van der Waals surface area contributed by atoms with E-state index in [1.54, 1.807) is 0 Å². The van der Waals surface area contributed by atoms with Crippen molar-refractivity contribution in [3.63, 3.8) is 0 Å². The summed E-state index contributed by atoms with van der Waals surface area (Å²) >= 11 is -2.70. The minimum Gasteiger partial charge on any atom is -0.750 e. The summed E-state index contributed by atoms with van der Waals surface area (Å²) in [4.78, 5) is 0. The topological polar surface area (TPSA) is 136 Å². The van der Waals surface area contributed by atoms with Gasteiger partial charge >= 0.3 is 0 Å². The van der Waals surface area contributed by atoms with Crippen LogP contribution in [0.5, 0.6) is 0 Å². The highest BCUT2D eigenvalue weighted by Gasteiger charge is 2.35. The third-order valence-corrected chi connectivity index (χ3v) is 2.40. The van der Waals surface area contributed by atoms with Gasteiger partial charge in [0.15, 0.2) is 0 Å². The number of aliphatic hydroxyl groups excluding tert-OH is 3. The van der Waals surface area contributed by atoms with Crippen LogP contribution in [0.25, 0.3) is 0 Å². The van der Waals surface area contributed by atoms with Gasteiger partial charge in [-0.15, -0.1) is 0 Å². The minimum atomic E-state index is -2.70. The van der Waals surface area contributed by atoms with Gasteiger partial charge in [-0.05, 0) is 0 Å². The van der Waals surface area contributed by atoms with Gasteiger partial charge in [0.2, 0.25) is 0 Å². The van der Waals surface area contributed by atoms with Crippen LogP contribution in [0.1, 0.15) is 0 Å². The molecule has 86 valence electrons. The molecule has 0 aromatic carbocycles. The van der Waals surface area contributed by atoms with E-state index in [-0.39, 0.29) is 0 Å². The maximum Gasteiger partial charge on any atom is 0.0842 e. The van der Waals surface area contributed by atoms with E-state index in [2.05, 4.69) is 4.18 Å². The van der Waals surface area contributed by atoms with Gasteiger partial charge in [0, 0.05) is 6.04 Å². The smallest absolute Gasteiger partial charge is 0.0842 e. The molecular formula is C6H14NO6S-. The van der Waals surface area contributed by atoms with Crippen molar-refractivity contribution in [2.75, 3.05) is 26.4 Å². The number of hydrogen-bond acceptors (Lipinski definition) is 7. The number of nitrogens with two attached hydrogens (primary N) is 1. The molecule has 2 unspecified atom stereocenters. The van der Waals surface area contributed by atoms with E-state index >= 15 is 0 Å². The van der Waals surface area contributed by atoms with E-state index < -0.39 is 49.2 Å². The van der Waals surface area contributed by atoms with Crippen molar-refractivity contribution in [1.82, 2.24) is 0 Å². The second-order valence-electron chi connectivity index (χ2n) is 2.93. The molecule has 0 aromatic rings. The summed E-state index contributed by atoms with van der Waals surface area (Å²) in [6.07, 6.45) is 0. The molecule has 0 saturated heterocycles. The molecule has 0 bridgehead atoms. The van der Waals surface area contributed by atoms with E-state index in [9.17, 15) is 8.76 Å². The Morgan fingerprint density at radius 2 is 1.79 bits per heavy atom. The molecule has 0 spiro atoms. The highest BCUT2D eigenvalue weighted by Crippen LogP contribution is 2.19. The van der Waals surface area contributed by atoms with Gasteiger partial charge in [-0.1, -0.05) is 0 Å². The van der Waals surface area contributed by atoms with Crippen molar-refractivity contribution in [1.29, 1.82) is 0 Å². The first kappa shape index (κ1) is 13.9. The van der Waals surface area contributed by atoms with Gasteiger partial charge in [-0.2, -0.15) is 0 Å². The second-order valence-corrected chi connectivity index (χ2v) is 3.58. The predicted molar refractivity (Wildman–Crippen MR) is 46.5 cm³/mol. The number of rotatable bonds is 7. The Bertz CT molecular complexity index is 177. The van der Waals surface area contributed by atoms with E-state index in [0.717, 1.165) is 0 Å². The molecular weight excluding hydrogens is 214 g/mol. The molecule has 0 aliphatic carbocycles. The molecule has 5 N–H and O–H groups in total. The highest BCUT2D eigenvalue weighted by atomic mass is 32.2. The number of hydrogen-bond donors (Lipinski definition) is 4. The fourth-order valence-corrected chi connectivity index (χ4v) is 1.07. The Kier molecular flexibility index (Phi) is 6.36. The molecule has 0 radical (unpaired) electrons. The molecule has 2 atom stereocenters. The Hall–Kier alpha value is -0.0900. The summed E-state index contributed by atoms with van der Waals surface area (Å²) < 4.78 is 24.2. The molecule has 0 aliphatic heterocycles. The maximum atomic E-state index is 10.0. The Balaban J connectivity index is 4.28. The number of aliphatic hydroxyl groups is 3. The fraction of sp³-hybridized carbons (Fsp3) is 1.00. The third kappa shape index (κ3) is 3.58. The zero-order valence-corrected chi connectivity index (χ0v) is 8.27. The predicted octanol–water partition coefficient (Wildman–Crippen LogP) is -2.91. The van der Waals surface area contributed by atoms with Gasteiger partial charge < -0.3 is 25.6 Å². The van der Waals surface area contributed by atoms with Gasteiger partial charge in [-0.25, -0.2) is 4.21 Å². The molecule has 0 rings (SSSR count). The van der Waals surface area contributed by atoms with Gasteiger partial charge in [0.1, 0.15) is 0 Å². The van der Waals surface area contributed by atoms with Crippen molar-refractivity contribution in [2.24, 2.45) is 11.1 Å². The van der Waals surface area contributed by atoms with E-state index in [4.69, 9.17) is 21.1 Å². The average Bonchev–Trinajstić information content (AvgIpc) is 2.18. The van der Waals surface area contributed by atoms with Gasteiger partial charge in [-0.3, -0.25) is 4.18 Å². The van der Waals surface area contributed by atoms with Crippen LogP contribution < -0.4 is 5.73 Å². The first-order chi connectivity index (χ1) is 6.52. The summed E-state index contributed by atoms with van der Waals surface area (Å²) in [7, 11) is 0. The largest absolute Gasteiger partial charge is 0.750 e. The van der Waals surface area contributed by atoms with E-state index in [1.165, 1.54) is 0 Å². The van der Waals surface area contributed by atoms with Crippen molar-refractivity contribution in [3.8, 4) is 0 Å². The van der Waals surface area contributed by atoms with E-state index in [0.29, 0.717) is 0 Å². The summed E-state index contributed by atoms with van der Waals surface area (Å²) in [5.41, 5.74) is 4.12. The molecule has 0 saturated carbocycles. The van der Waals surface area contributed by atoms with Crippen LogP contribution in [-0.2, 0) is 15.5 Å². The Morgan fingerprint density at radius 1 is 1.36 bits per heavy atom. The molecule has 8 heteroatoms. The summed E-state index contributed by atoms with van der Waals surface area (Å²) in [6.45, 7) is -2.08. The van der Waals surface area contributed by atoms with Gasteiger partial charge in [0.05, 0.1) is 43.2 Å². The highest BCUT2D eigenvalue weighted by molar-refractivity contribution is 7.74. The minimum absolute atomic E-state index is 0.405. The lowest BCUT2D eigenvalue weighted by Gasteiger charge is -2.33. The molecule has 0 amide bonds.